The molecule has 12 atom stereocenters. The molecule has 1 amide bonds. The fourth-order valence-electron chi connectivity index (χ4n) is 13.2. The highest BCUT2D eigenvalue weighted by atomic mass is 31.2. The van der Waals surface area contributed by atoms with Crippen molar-refractivity contribution in [3.63, 3.8) is 0 Å². The van der Waals surface area contributed by atoms with E-state index in [4.69, 9.17) is 75.2 Å². The van der Waals surface area contributed by atoms with Gasteiger partial charge in [0, 0.05) is 18.6 Å². The molecule has 0 unspecified atom stereocenters. The van der Waals surface area contributed by atoms with Crippen molar-refractivity contribution in [2.45, 2.75) is 192 Å². The Balaban J connectivity index is 0.000000219. The SMILES string of the molecule is CC(C)[C@H](NC(=O)OC(C)(C)C)C(=O)OC[C@]1(CO)C/C1=C/n1cnc2c(=O)[nH]c(N)nc21.CCC[C@H](C)OC(=O)[C@@H](C[P@](=O)(OC[C@@]1(COC(=O)[C@@H](N)C(C)C)C/C1=C/n1cnc2c(=O)[nH]c(N)nc21)Oc1ccccc1)C(C)C.CCC[C@H](C)OC(=O)[C@H](C)C[P@](=O)(OC[C@@]1(COC(=O)[C@H](N)C(C)C)C/C1=C/n1cnc2c(=O)[nH]c(N)nc21)Oc1ccccc1. The van der Waals surface area contributed by atoms with Gasteiger partial charge in [-0.15, -0.1) is 0 Å². The molecule has 2 aromatic carbocycles. The highest BCUT2D eigenvalue weighted by Crippen LogP contribution is 2.60. The van der Waals surface area contributed by atoms with E-state index in [1.807, 2.05) is 69.2 Å². The molecule has 11 rings (SSSR count). The third kappa shape index (κ3) is 26.9. The van der Waals surface area contributed by atoms with Crippen LogP contribution in [0.25, 0.3) is 52.1 Å². The fraction of sp³-hybridized carbons (Fsp3) is 0.541. The molecule has 692 valence electrons. The van der Waals surface area contributed by atoms with Crippen LogP contribution in [0.3, 0.4) is 0 Å². The summed E-state index contributed by atoms with van der Waals surface area (Å²) in [6.45, 7) is 28.0. The van der Waals surface area contributed by atoms with Gasteiger partial charge < -0.3 is 76.6 Å². The Bertz CT molecular complexity index is 5600. The minimum absolute atomic E-state index is 0.0389. The number of carbonyl (C=O) groups is 6. The molecule has 3 aliphatic carbocycles. The van der Waals surface area contributed by atoms with Crippen molar-refractivity contribution >= 4 is 121 Å². The molecule has 127 heavy (non-hydrogen) atoms. The van der Waals surface area contributed by atoms with Crippen molar-refractivity contribution in [1.82, 2.24) is 63.9 Å². The standard InChI is InChI=1S/C33H47N6O8P.C31H43N6O8P.C21H30N6O6/c1-7-11-22(6)46-30(41)25(20(2)3)16-48(43,47-24-12-9-8-10-13-24)45-18-33(17-44-31(42)26(34)21(4)5)14-23(33)15-39-19-36-27-28(39)37-32(35)38-29(27)40;1-6-10-21(5)44-28(39)20(4)15-46(41,45-23-11-8-7-9-12-23)43-17-31(16-42-29(40)24(32)19(2)3)13-22(31)14-37-18-34-25-26(37)35-30(33)36-27(25)38;1-11(2)13(24-19(31)33-20(3,4)5)17(30)32-9-21(8-28)6-12(21)7-27-10-23-14-15(27)25-18(22)26-16(14)29/h8-10,12-13,15,19-22,25-26H,7,11,14,16-18,34H2,1-6H3,(H3,35,37,38,40);7-9,11-12,14,18-21,24H,6,10,13,15-17,32H2,1-5H3,(H3,33,35,36,38);7,10-11,13,28H,6,8-9H2,1-5H3,(H,24,31)(H3,22,25,26,29)/b23-15-;22-14-;12-7-/t22-,25-,26-,33-,48-;20-,21+,24-,31+,46+;13-,21+/m010/s1. The molecule has 3 saturated carbocycles. The number of carbonyl (C=O) groups excluding carboxylic acids is 6. The fourth-order valence-corrected chi connectivity index (χ4v) is 17.3. The molecule has 8 aromatic rings. The van der Waals surface area contributed by atoms with Crippen LogP contribution in [-0.4, -0.2) is 188 Å². The Morgan fingerprint density at radius 2 is 0.874 bits per heavy atom. The third-order valence-corrected chi connectivity index (χ3v) is 25.2. The number of nitrogens with zero attached hydrogens (tertiary/aromatic N) is 9. The number of H-pyrrole nitrogens is 3. The largest absolute Gasteiger partial charge is 0.463 e. The maximum absolute atomic E-state index is 14.6. The number of nitrogens with two attached hydrogens (primary N) is 5. The first-order valence-electron chi connectivity index (χ1n) is 42.1. The number of hydrogen-bond donors (Lipinski definition) is 10. The number of esters is 5. The molecule has 0 aliphatic heterocycles. The number of benzene rings is 2. The Labute approximate surface area is 734 Å². The van der Waals surface area contributed by atoms with Crippen molar-refractivity contribution in [2.24, 2.45) is 63.2 Å². The monoisotopic (exact) mass is 1810 g/mol. The second-order valence-corrected chi connectivity index (χ2v) is 38.9. The predicted molar refractivity (Wildman–Crippen MR) is 475 cm³/mol. The number of ether oxygens (including phenoxy) is 6. The van der Waals surface area contributed by atoms with Gasteiger partial charge in [0.1, 0.15) is 74.0 Å². The summed E-state index contributed by atoms with van der Waals surface area (Å²) in [6.07, 6.45) is 11.9. The maximum Gasteiger partial charge on any atom is 0.408 e. The first-order chi connectivity index (χ1) is 59.8. The van der Waals surface area contributed by atoms with E-state index in [0.29, 0.717) is 43.6 Å². The van der Waals surface area contributed by atoms with E-state index in [0.717, 1.165) is 29.6 Å². The number of nitrogens with one attached hydrogen (secondary N) is 4. The first kappa shape index (κ1) is 99.4. The van der Waals surface area contributed by atoms with E-state index in [9.17, 15) is 57.4 Å². The Morgan fingerprint density at radius 1 is 0.512 bits per heavy atom. The summed E-state index contributed by atoms with van der Waals surface area (Å²) in [7, 11) is -8.02. The van der Waals surface area contributed by atoms with Crippen LogP contribution in [0.15, 0.2) is 111 Å². The highest BCUT2D eigenvalue weighted by Gasteiger charge is 2.55. The molecule has 3 fully saturated rings. The number of aromatic amines is 3. The predicted octanol–water partition coefficient (Wildman–Crippen LogP) is 9.89. The molecule has 0 bridgehead atoms. The average molecular weight is 1810 g/mol. The van der Waals surface area contributed by atoms with Gasteiger partial charge in [-0.2, -0.15) is 15.0 Å². The van der Waals surface area contributed by atoms with Crippen LogP contribution in [0, 0.1) is 51.8 Å². The van der Waals surface area contributed by atoms with Gasteiger partial charge in [-0.25, -0.2) is 33.7 Å². The van der Waals surface area contributed by atoms with Gasteiger partial charge >= 0.3 is 51.1 Å². The van der Waals surface area contributed by atoms with Crippen molar-refractivity contribution in [3.05, 3.63) is 127 Å². The van der Waals surface area contributed by atoms with E-state index < -0.39 is 120 Å². The number of fused-ring (bicyclic) bond motifs is 3. The van der Waals surface area contributed by atoms with Crippen LogP contribution in [-0.2, 0) is 70.6 Å². The number of aliphatic hydroxyl groups excluding tert-OH is 1. The van der Waals surface area contributed by atoms with Crippen LogP contribution in [0.4, 0.5) is 22.6 Å². The van der Waals surface area contributed by atoms with Crippen LogP contribution < -0.4 is 59.7 Å². The normalized spacial score (nSPS) is 20.1. The zero-order chi connectivity index (χ0) is 93.4. The average Bonchev–Trinajstić information content (AvgIpc) is 1.60. The Morgan fingerprint density at radius 3 is 1.24 bits per heavy atom. The van der Waals surface area contributed by atoms with Crippen molar-refractivity contribution in [3.8, 4) is 11.5 Å². The Hall–Kier alpha value is -11.4. The van der Waals surface area contributed by atoms with E-state index in [1.165, 1.54) is 28.1 Å². The molecule has 40 nitrogen and oxygen atoms in total. The number of nitrogen functional groups attached to an aromatic ring is 3. The van der Waals surface area contributed by atoms with Crippen molar-refractivity contribution in [2.75, 3.05) is 69.2 Å². The van der Waals surface area contributed by atoms with Crippen LogP contribution in [0.2, 0.25) is 0 Å². The number of para-hydroxylation sites is 2. The second kappa shape index (κ2) is 42.5. The summed E-state index contributed by atoms with van der Waals surface area (Å²) in [5.41, 5.74) is 27.8. The van der Waals surface area contributed by atoms with E-state index in [1.54, 1.807) is 125 Å². The Kier molecular flexibility index (Phi) is 33.2. The third-order valence-electron chi connectivity index (χ3n) is 21.3. The molecule has 6 heterocycles. The summed E-state index contributed by atoms with van der Waals surface area (Å²) < 4.78 is 91.0. The summed E-state index contributed by atoms with van der Waals surface area (Å²) in [6, 6.07) is 14.5. The lowest BCUT2D eigenvalue weighted by Gasteiger charge is -2.28. The smallest absolute Gasteiger partial charge is 0.408 e. The van der Waals surface area contributed by atoms with Crippen LogP contribution in [0.1, 0.15) is 156 Å². The zero-order valence-corrected chi connectivity index (χ0v) is 76.3. The van der Waals surface area contributed by atoms with Gasteiger partial charge in [-0.3, -0.25) is 71.3 Å². The number of alkyl carbamates (subject to hydrolysis) is 1. The van der Waals surface area contributed by atoms with E-state index in [2.05, 4.69) is 50.2 Å². The number of anilines is 3. The molecule has 42 heteroatoms. The number of rotatable bonds is 40. The molecule has 3 aliphatic rings. The summed E-state index contributed by atoms with van der Waals surface area (Å²) in [4.78, 5) is 145. The topological polar surface area (TPSA) is 582 Å². The first-order valence-corrected chi connectivity index (χ1v) is 45.5. The molecule has 0 saturated heterocycles. The zero-order valence-electron chi connectivity index (χ0n) is 74.5. The maximum atomic E-state index is 14.6. The van der Waals surface area contributed by atoms with Gasteiger partial charge in [-0.1, -0.05) is 125 Å². The van der Waals surface area contributed by atoms with Crippen molar-refractivity contribution in [1.29, 1.82) is 0 Å². The number of aromatic nitrogens is 12. The number of aliphatic hydroxyl groups is 1. The molecule has 15 N–H and O–H groups in total. The molecule has 0 spiro atoms. The molecule has 6 aromatic heterocycles. The minimum Gasteiger partial charge on any atom is -0.463 e. The van der Waals surface area contributed by atoms with Gasteiger partial charge in [0.25, 0.3) is 16.7 Å². The lowest BCUT2D eigenvalue weighted by molar-refractivity contribution is -0.154. The van der Waals surface area contributed by atoms with E-state index in [-0.39, 0.29) is 139 Å². The van der Waals surface area contributed by atoms with Crippen LogP contribution >= 0.6 is 15.2 Å². The lowest BCUT2D eigenvalue weighted by atomic mass is 9.98. The van der Waals surface area contributed by atoms with E-state index >= 15 is 0 Å². The molecule has 0 radical (unpaired) electrons. The number of amides is 1. The quantitative estimate of drug-likeness (QED) is 0.00969. The van der Waals surface area contributed by atoms with Gasteiger partial charge in [0.2, 0.25) is 17.8 Å². The molecular weight excluding hydrogens is 1690 g/mol. The van der Waals surface area contributed by atoms with Gasteiger partial charge in [0.05, 0.1) is 72.4 Å². The molecular formula is C85H120N18O22P2. The lowest BCUT2D eigenvalue weighted by Crippen LogP contribution is -2.47. The number of imidazole rings is 3. The minimum atomic E-state index is -4.04. The van der Waals surface area contributed by atoms with Crippen molar-refractivity contribution < 1.29 is 89.5 Å². The summed E-state index contributed by atoms with van der Waals surface area (Å²) in [5.74, 6) is -4.70. The summed E-state index contributed by atoms with van der Waals surface area (Å²) in [5, 5.41) is 12.5. The summed E-state index contributed by atoms with van der Waals surface area (Å²) >= 11 is 0. The van der Waals surface area contributed by atoms with Gasteiger partial charge in [-0.05, 0) is 131 Å². The second-order valence-electron chi connectivity index (χ2n) is 34.8. The van der Waals surface area contributed by atoms with Crippen LogP contribution in [0.5, 0.6) is 11.5 Å². The van der Waals surface area contributed by atoms with Gasteiger partial charge in [0.15, 0.2) is 33.5 Å². The number of hydrogen-bond acceptors (Lipinski definition) is 33. The highest BCUT2D eigenvalue weighted by molar-refractivity contribution is 7.54.